The molecule has 1 N–H and O–H groups in total. The Kier molecular flexibility index (Phi) is 8.14. The van der Waals surface area contributed by atoms with Gasteiger partial charge < -0.3 is 14.4 Å². The van der Waals surface area contributed by atoms with Crippen LogP contribution in [0.15, 0.2) is 114 Å². The Morgan fingerprint density at radius 2 is 1.56 bits per heavy atom. The summed E-state index contributed by atoms with van der Waals surface area (Å²) in [5, 5.41) is 9.23. The molecular weight excluding hydrogens is 450 g/mol. The number of aromatic nitrogens is 1. The second kappa shape index (κ2) is 11.8. The average Bonchev–Trinajstić information content (AvgIpc) is 2.90. The van der Waals surface area contributed by atoms with Crippen molar-refractivity contribution in [1.29, 1.82) is 0 Å². The number of nitrogens with zero attached hydrogens (tertiary/aromatic N) is 1. The molecule has 0 saturated carbocycles. The molecule has 5 nitrogen and oxygen atoms in total. The van der Waals surface area contributed by atoms with Crippen LogP contribution < -0.4 is 10.3 Å². The van der Waals surface area contributed by atoms with Gasteiger partial charge in [-0.3, -0.25) is 4.79 Å². The first-order valence-electron chi connectivity index (χ1n) is 12.0. The zero-order valence-electron chi connectivity index (χ0n) is 20.2. The van der Waals surface area contributed by atoms with Gasteiger partial charge in [0.25, 0.3) is 5.56 Å². The molecule has 1 heterocycles. The Hall–Kier alpha value is -4.38. The van der Waals surface area contributed by atoms with Crippen LogP contribution in [0, 0.1) is 0 Å². The zero-order chi connectivity index (χ0) is 25.3. The minimum absolute atomic E-state index is 0.0119. The van der Waals surface area contributed by atoms with Crippen LogP contribution in [-0.2, 0) is 11.3 Å². The number of hydrogen-bond acceptors (Lipinski definition) is 3. The SMILES string of the molecule is CCC(Oc1cccc(C=CCn2cc(C(c3ccccc3)c3ccccc3)ccc2=O)c1)C(=O)O. The van der Waals surface area contributed by atoms with E-state index in [2.05, 4.69) is 24.3 Å². The maximum atomic E-state index is 12.6. The van der Waals surface area contributed by atoms with Gasteiger partial charge in [0.05, 0.1) is 0 Å². The van der Waals surface area contributed by atoms with Crippen molar-refractivity contribution in [1.82, 2.24) is 4.57 Å². The van der Waals surface area contributed by atoms with E-state index in [1.807, 2.05) is 72.9 Å². The normalized spacial score (nSPS) is 12.1. The molecule has 0 spiro atoms. The third-order valence-electron chi connectivity index (χ3n) is 6.00. The lowest BCUT2D eigenvalue weighted by Gasteiger charge is -2.19. The summed E-state index contributed by atoms with van der Waals surface area (Å²) in [4.78, 5) is 23.9. The highest BCUT2D eigenvalue weighted by molar-refractivity contribution is 5.72. The van der Waals surface area contributed by atoms with Crippen molar-refractivity contribution < 1.29 is 14.6 Å². The topological polar surface area (TPSA) is 68.5 Å². The van der Waals surface area contributed by atoms with E-state index < -0.39 is 12.1 Å². The molecule has 1 unspecified atom stereocenters. The second-order valence-electron chi connectivity index (χ2n) is 8.54. The number of ether oxygens (including phenoxy) is 1. The molecule has 4 rings (SSSR count). The quantitative estimate of drug-likeness (QED) is 0.304. The lowest BCUT2D eigenvalue weighted by Crippen LogP contribution is -2.25. The maximum absolute atomic E-state index is 12.6. The molecule has 0 radical (unpaired) electrons. The smallest absolute Gasteiger partial charge is 0.344 e. The summed E-state index contributed by atoms with van der Waals surface area (Å²) < 4.78 is 7.28. The van der Waals surface area contributed by atoms with E-state index in [0.717, 1.165) is 22.3 Å². The van der Waals surface area contributed by atoms with E-state index >= 15 is 0 Å². The van der Waals surface area contributed by atoms with Gasteiger partial charge in [0, 0.05) is 24.7 Å². The maximum Gasteiger partial charge on any atom is 0.344 e. The highest BCUT2D eigenvalue weighted by atomic mass is 16.5. The number of rotatable bonds is 10. The number of hydrogen-bond donors (Lipinski definition) is 1. The van der Waals surface area contributed by atoms with Crippen LogP contribution in [0.4, 0.5) is 0 Å². The summed E-state index contributed by atoms with van der Waals surface area (Å²) in [5.41, 5.74) is 4.15. The number of carboxylic acid groups (broad SMARTS) is 1. The van der Waals surface area contributed by atoms with E-state index in [-0.39, 0.29) is 11.5 Å². The number of carboxylic acids is 1. The van der Waals surface area contributed by atoms with Gasteiger partial charge in [-0.2, -0.15) is 0 Å². The molecule has 0 fully saturated rings. The Morgan fingerprint density at radius 1 is 0.889 bits per heavy atom. The number of benzene rings is 3. The number of pyridine rings is 1. The van der Waals surface area contributed by atoms with E-state index in [1.165, 1.54) is 0 Å². The van der Waals surface area contributed by atoms with Crippen molar-refractivity contribution in [2.45, 2.75) is 31.9 Å². The van der Waals surface area contributed by atoms with E-state index in [0.29, 0.717) is 18.7 Å². The van der Waals surface area contributed by atoms with Crippen molar-refractivity contribution in [3.63, 3.8) is 0 Å². The molecule has 0 saturated heterocycles. The van der Waals surface area contributed by atoms with Gasteiger partial charge in [-0.25, -0.2) is 4.79 Å². The van der Waals surface area contributed by atoms with Gasteiger partial charge in [0.2, 0.25) is 0 Å². The van der Waals surface area contributed by atoms with Crippen LogP contribution in [0.3, 0.4) is 0 Å². The predicted octanol–water partition coefficient (Wildman–Crippen LogP) is 5.98. The first-order valence-corrected chi connectivity index (χ1v) is 12.0. The largest absolute Gasteiger partial charge is 0.479 e. The summed E-state index contributed by atoms with van der Waals surface area (Å²) in [6, 6.07) is 31.3. The first kappa shape index (κ1) is 24.7. The van der Waals surface area contributed by atoms with Crippen molar-refractivity contribution >= 4 is 12.0 Å². The molecular formula is C31H29NO4. The van der Waals surface area contributed by atoms with Crippen LogP contribution in [0.1, 0.15) is 41.5 Å². The fourth-order valence-electron chi connectivity index (χ4n) is 4.20. The van der Waals surface area contributed by atoms with Gasteiger partial charge >= 0.3 is 5.97 Å². The molecule has 3 aromatic carbocycles. The zero-order valence-corrected chi connectivity index (χ0v) is 20.2. The molecule has 1 aromatic heterocycles. The molecule has 36 heavy (non-hydrogen) atoms. The standard InChI is InChI=1S/C31H29NO4/c1-2-28(31(34)35)36-27-17-9-11-23(21-27)12-10-20-32-22-26(18-19-29(32)33)30(24-13-5-3-6-14-24)25-15-7-4-8-16-25/h3-19,21-22,28,30H,2,20H2,1H3,(H,34,35). The Balaban J connectivity index is 1.57. The molecule has 0 aliphatic rings. The lowest BCUT2D eigenvalue weighted by atomic mass is 9.86. The van der Waals surface area contributed by atoms with Gasteiger partial charge in [-0.1, -0.05) is 97.9 Å². The van der Waals surface area contributed by atoms with Gasteiger partial charge in [-0.15, -0.1) is 0 Å². The van der Waals surface area contributed by atoms with E-state index in [9.17, 15) is 14.7 Å². The average molecular weight is 480 g/mol. The summed E-state index contributed by atoms with van der Waals surface area (Å²) in [7, 11) is 0. The lowest BCUT2D eigenvalue weighted by molar-refractivity contribution is -0.145. The van der Waals surface area contributed by atoms with Gasteiger partial charge in [0.15, 0.2) is 6.10 Å². The highest BCUT2D eigenvalue weighted by Crippen LogP contribution is 2.31. The minimum atomic E-state index is -0.984. The van der Waals surface area contributed by atoms with Crippen LogP contribution in [0.5, 0.6) is 5.75 Å². The third-order valence-corrected chi connectivity index (χ3v) is 6.00. The molecule has 5 heteroatoms. The third kappa shape index (κ3) is 6.19. The summed E-state index contributed by atoms with van der Waals surface area (Å²) in [5.74, 6) is -0.473. The Bertz CT molecular complexity index is 1340. The summed E-state index contributed by atoms with van der Waals surface area (Å²) in [6.07, 6.45) is 5.24. The number of carbonyl (C=O) groups is 1. The highest BCUT2D eigenvalue weighted by Gasteiger charge is 2.18. The Morgan fingerprint density at radius 3 is 2.17 bits per heavy atom. The van der Waals surface area contributed by atoms with Crippen molar-refractivity contribution in [2.75, 3.05) is 0 Å². The van der Waals surface area contributed by atoms with Crippen LogP contribution in [0.25, 0.3) is 6.08 Å². The number of aliphatic carboxylic acids is 1. The van der Waals surface area contributed by atoms with Crippen LogP contribution in [-0.4, -0.2) is 21.7 Å². The van der Waals surface area contributed by atoms with Gasteiger partial charge in [0.1, 0.15) is 5.75 Å². The van der Waals surface area contributed by atoms with Crippen molar-refractivity contribution in [2.24, 2.45) is 0 Å². The van der Waals surface area contributed by atoms with Crippen LogP contribution in [0.2, 0.25) is 0 Å². The van der Waals surface area contributed by atoms with E-state index in [1.54, 1.807) is 29.7 Å². The van der Waals surface area contributed by atoms with Crippen LogP contribution >= 0.6 is 0 Å². The summed E-state index contributed by atoms with van der Waals surface area (Å²) >= 11 is 0. The first-order chi connectivity index (χ1) is 17.5. The molecule has 182 valence electrons. The molecule has 0 amide bonds. The predicted molar refractivity (Wildman–Crippen MR) is 142 cm³/mol. The van der Waals surface area contributed by atoms with Gasteiger partial charge in [-0.05, 0) is 40.8 Å². The monoisotopic (exact) mass is 479 g/mol. The fraction of sp³-hybridized carbons (Fsp3) is 0.161. The van der Waals surface area contributed by atoms with E-state index in [4.69, 9.17) is 4.74 Å². The fourth-order valence-corrected chi connectivity index (χ4v) is 4.20. The molecule has 0 aliphatic heterocycles. The molecule has 0 bridgehead atoms. The number of allylic oxidation sites excluding steroid dienone is 1. The minimum Gasteiger partial charge on any atom is -0.479 e. The molecule has 4 aromatic rings. The Labute approximate surface area is 210 Å². The molecule has 1 atom stereocenters. The summed E-state index contributed by atoms with van der Waals surface area (Å²) in [6.45, 7) is 2.18. The van der Waals surface area contributed by atoms with Crippen molar-refractivity contribution in [3.05, 3.63) is 142 Å². The molecule has 0 aliphatic carbocycles. The second-order valence-corrected chi connectivity index (χ2v) is 8.54. The van der Waals surface area contributed by atoms with Crippen molar-refractivity contribution in [3.8, 4) is 5.75 Å².